The number of aliphatic hydroxyl groups is 1. The number of para-hydroxylation sites is 1. The van der Waals surface area contributed by atoms with Gasteiger partial charge in [-0.25, -0.2) is 9.79 Å². The molecule has 2 aromatic carbocycles. The molecule has 1 aromatic heterocycles. The van der Waals surface area contributed by atoms with Crippen LogP contribution in [-0.4, -0.2) is 27.3 Å². The monoisotopic (exact) mass is 536 g/mol. The summed E-state index contributed by atoms with van der Waals surface area (Å²) >= 11 is 4.83. The Morgan fingerprint density at radius 1 is 1.15 bits per heavy atom. The van der Waals surface area contributed by atoms with Crippen LogP contribution < -0.4 is 0 Å². The molecule has 3 aromatic rings. The number of esters is 1. The number of halogens is 1. The molecule has 4 rings (SSSR count). The number of nitrogens with zero attached hydrogens (tertiary/aromatic N) is 2. The van der Waals surface area contributed by atoms with Crippen molar-refractivity contribution in [3.8, 4) is 5.69 Å². The van der Waals surface area contributed by atoms with Crippen molar-refractivity contribution < 1.29 is 14.6 Å². The molecular formula is C27H25BrN2O3S. The third-order valence-electron chi connectivity index (χ3n) is 5.51. The highest BCUT2D eigenvalue weighted by Crippen LogP contribution is 2.41. The molecule has 7 heteroatoms. The fraction of sp³-hybridized carbons (Fsp3) is 0.185. The summed E-state index contributed by atoms with van der Waals surface area (Å²) in [4.78, 5) is 17.8. The van der Waals surface area contributed by atoms with Crippen LogP contribution in [0.1, 0.15) is 29.4 Å². The van der Waals surface area contributed by atoms with Gasteiger partial charge in [-0.3, -0.25) is 0 Å². The molecule has 2 heterocycles. The maximum Gasteiger partial charge on any atom is 0.344 e. The smallest absolute Gasteiger partial charge is 0.344 e. The number of benzene rings is 2. The highest BCUT2D eigenvalue weighted by molar-refractivity contribution is 9.10. The standard InChI is InChI=1S/C27H25BrN2O3S/c1-5-33-27(32)24-25(31)23(34-26(24)29-20-9-7-6-8-10-20)15-19-14-17(3)30(18(19)4)21-11-12-22(28)16(2)13-21/h6-15,31H,5H2,1-4H3/b23-15-,29-26?. The topological polar surface area (TPSA) is 63.8 Å². The highest BCUT2D eigenvalue weighted by Gasteiger charge is 2.33. The second kappa shape index (κ2) is 10.1. The summed E-state index contributed by atoms with van der Waals surface area (Å²) in [5, 5.41) is 11.4. The minimum Gasteiger partial charge on any atom is -0.506 e. The summed E-state index contributed by atoms with van der Waals surface area (Å²) in [6.07, 6.45) is 1.90. The number of rotatable bonds is 5. The Morgan fingerprint density at radius 3 is 2.56 bits per heavy atom. The molecule has 1 aliphatic rings. The number of aryl methyl sites for hydroxylation is 2. The lowest BCUT2D eigenvalue weighted by atomic mass is 10.1. The fourth-order valence-electron chi connectivity index (χ4n) is 3.85. The Bertz CT molecular complexity index is 1350. The normalized spacial score (nSPS) is 16.0. The van der Waals surface area contributed by atoms with E-state index in [9.17, 15) is 9.90 Å². The van der Waals surface area contributed by atoms with E-state index in [0.717, 1.165) is 32.7 Å². The number of thioether (sulfide) groups is 1. The van der Waals surface area contributed by atoms with Crippen LogP contribution in [0.2, 0.25) is 0 Å². The average Bonchev–Trinajstić information content (AvgIpc) is 3.26. The second-order valence-corrected chi connectivity index (χ2v) is 9.79. The summed E-state index contributed by atoms with van der Waals surface area (Å²) in [6.45, 7) is 8.11. The van der Waals surface area contributed by atoms with E-state index in [1.807, 2.05) is 49.4 Å². The van der Waals surface area contributed by atoms with E-state index in [1.165, 1.54) is 11.8 Å². The maximum absolute atomic E-state index is 12.7. The van der Waals surface area contributed by atoms with E-state index in [1.54, 1.807) is 6.92 Å². The lowest BCUT2D eigenvalue weighted by Gasteiger charge is -2.11. The maximum atomic E-state index is 12.7. The number of hydrogen-bond acceptors (Lipinski definition) is 5. The number of carbonyl (C=O) groups excluding carboxylic acids is 1. The van der Waals surface area contributed by atoms with Gasteiger partial charge in [0.25, 0.3) is 0 Å². The molecule has 0 amide bonds. The van der Waals surface area contributed by atoms with Crippen molar-refractivity contribution in [1.29, 1.82) is 0 Å². The van der Waals surface area contributed by atoms with Crippen molar-refractivity contribution >= 4 is 50.5 Å². The van der Waals surface area contributed by atoms with Crippen LogP contribution in [0.3, 0.4) is 0 Å². The molecule has 174 valence electrons. The van der Waals surface area contributed by atoms with Gasteiger partial charge in [0.1, 0.15) is 16.4 Å². The Kier molecular flexibility index (Phi) is 7.14. The molecule has 1 N–H and O–H groups in total. The Labute approximate surface area is 212 Å². The summed E-state index contributed by atoms with van der Waals surface area (Å²) < 4.78 is 8.45. The number of aromatic nitrogens is 1. The van der Waals surface area contributed by atoms with Crippen molar-refractivity contribution in [3.05, 3.63) is 97.8 Å². The number of aliphatic imine (C=N–C) groups is 1. The first kappa shape index (κ1) is 24.1. The zero-order chi connectivity index (χ0) is 24.4. The van der Waals surface area contributed by atoms with Crippen LogP contribution in [0.25, 0.3) is 11.8 Å². The van der Waals surface area contributed by atoms with Crippen LogP contribution in [0.4, 0.5) is 5.69 Å². The number of ether oxygens (including phenoxy) is 1. The lowest BCUT2D eigenvalue weighted by Crippen LogP contribution is -2.12. The average molecular weight is 537 g/mol. The van der Waals surface area contributed by atoms with Crippen molar-refractivity contribution in [1.82, 2.24) is 4.57 Å². The van der Waals surface area contributed by atoms with Gasteiger partial charge in [0, 0.05) is 21.5 Å². The second-order valence-electron chi connectivity index (χ2n) is 7.90. The van der Waals surface area contributed by atoms with Gasteiger partial charge in [0.2, 0.25) is 0 Å². The van der Waals surface area contributed by atoms with Crippen LogP contribution in [0, 0.1) is 20.8 Å². The molecule has 0 saturated carbocycles. The zero-order valence-corrected chi connectivity index (χ0v) is 21.8. The fourth-order valence-corrected chi connectivity index (χ4v) is 5.12. The van der Waals surface area contributed by atoms with E-state index < -0.39 is 5.97 Å². The molecule has 0 radical (unpaired) electrons. The van der Waals surface area contributed by atoms with Crippen molar-refractivity contribution in [3.63, 3.8) is 0 Å². The van der Waals surface area contributed by atoms with Gasteiger partial charge in [-0.05, 0) is 81.3 Å². The van der Waals surface area contributed by atoms with Gasteiger partial charge >= 0.3 is 5.97 Å². The van der Waals surface area contributed by atoms with Gasteiger partial charge in [-0.2, -0.15) is 0 Å². The van der Waals surface area contributed by atoms with Gasteiger partial charge in [-0.15, -0.1) is 0 Å². The molecular weight excluding hydrogens is 512 g/mol. The van der Waals surface area contributed by atoms with Gasteiger partial charge in [-0.1, -0.05) is 45.9 Å². The minimum atomic E-state index is -0.582. The van der Waals surface area contributed by atoms with Crippen LogP contribution in [-0.2, 0) is 9.53 Å². The minimum absolute atomic E-state index is 0.0966. The number of aliphatic hydroxyl groups excluding tert-OH is 1. The van der Waals surface area contributed by atoms with Crippen LogP contribution in [0.15, 0.2) is 80.3 Å². The van der Waals surface area contributed by atoms with E-state index >= 15 is 0 Å². The van der Waals surface area contributed by atoms with E-state index in [0.29, 0.717) is 15.6 Å². The zero-order valence-electron chi connectivity index (χ0n) is 19.4. The van der Waals surface area contributed by atoms with E-state index in [2.05, 4.69) is 57.5 Å². The Hall–Kier alpha value is -3.03. The van der Waals surface area contributed by atoms with Crippen molar-refractivity contribution in [2.45, 2.75) is 27.7 Å². The Balaban J connectivity index is 1.78. The predicted molar refractivity (Wildman–Crippen MR) is 143 cm³/mol. The van der Waals surface area contributed by atoms with Crippen molar-refractivity contribution in [2.75, 3.05) is 6.61 Å². The number of hydrogen-bond donors (Lipinski definition) is 1. The molecule has 0 saturated heterocycles. The van der Waals surface area contributed by atoms with Crippen LogP contribution in [0.5, 0.6) is 0 Å². The molecule has 0 fully saturated rings. The summed E-state index contributed by atoms with van der Waals surface area (Å²) in [5.74, 6) is -0.691. The third-order valence-corrected chi connectivity index (χ3v) is 7.42. The Morgan fingerprint density at radius 2 is 1.88 bits per heavy atom. The molecule has 0 spiro atoms. The molecule has 0 atom stereocenters. The number of carbonyl (C=O) groups is 1. The SMILES string of the molecule is CCOC(=O)C1=C(O)/C(=C/c2cc(C)n(-c3ccc(Br)c(C)c3)c2C)SC1=Nc1ccccc1. The quantitative estimate of drug-likeness (QED) is 0.346. The highest BCUT2D eigenvalue weighted by atomic mass is 79.9. The van der Waals surface area contributed by atoms with Crippen molar-refractivity contribution in [2.24, 2.45) is 4.99 Å². The van der Waals surface area contributed by atoms with Gasteiger partial charge < -0.3 is 14.4 Å². The molecule has 34 heavy (non-hydrogen) atoms. The largest absolute Gasteiger partial charge is 0.506 e. The van der Waals surface area contributed by atoms with Gasteiger partial charge in [0.15, 0.2) is 0 Å². The van der Waals surface area contributed by atoms with E-state index in [-0.39, 0.29) is 17.9 Å². The van der Waals surface area contributed by atoms with Crippen LogP contribution >= 0.6 is 27.7 Å². The summed E-state index contributed by atoms with van der Waals surface area (Å²) in [5.41, 5.74) is 6.07. The summed E-state index contributed by atoms with van der Waals surface area (Å²) in [6, 6.07) is 17.7. The van der Waals surface area contributed by atoms with Gasteiger partial charge in [0.05, 0.1) is 17.2 Å². The molecule has 5 nitrogen and oxygen atoms in total. The first-order chi connectivity index (χ1) is 16.3. The molecule has 0 bridgehead atoms. The first-order valence-electron chi connectivity index (χ1n) is 10.9. The first-order valence-corrected chi connectivity index (χ1v) is 12.5. The van der Waals surface area contributed by atoms with E-state index in [4.69, 9.17) is 4.74 Å². The predicted octanol–water partition coefficient (Wildman–Crippen LogP) is 7.36. The molecule has 0 aliphatic carbocycles. The molecule has 1 aliphatic heterocycles. The lowest BCUT2D eigenvalue weighted by molar-refractivity contribution is -0.138. The third kappa shape index (κ3) is 4.76. The summed E-state index contributed by atoms with van der Waals surface area (Å²) in [7, 11) is 0. The molecule has 0 unspecified atom stereocenters.